The highest BCUT2D eigenvalue weighted by Crippen LogP contribution is 2.27. The fourth-order valence-corrected chi connectivity index (χ4v) is 1.50. The van der Waals surface area contributed by atoms with Crippen LogP contribution in [0.5, 0.6) is 11.5 Å². The second-order valence-corrected chi connectivity index (χ2v) is 4.05. The summed E-state index contributed by atoms with van der Waals surface area (Å²) in [4.78, 5) is 0. The fourth-order valence-electron chi connectivity index (χ4n) is 1.50. The SMILES string of the molecule is Cc1ccc(Oc2cc(F)c(C)c(F)c2)c(F)c1. The van der Waals surface area contributed by atoms with Crippen LogP contribution in [0, 0.1) is 31.3 Å². The minimum atomic E-state index is -0.725. The van der Waals surface area contributed by atoms with Crippen molar-refractivity contribution in [2.75, 3.05) is 0 Å². The van der Waals surface area contributed by atoms with Crippen LogP contribution in [0.3, 0.4) is 0 Å². The minimum absolute atomic E-state index is 0.0664. The number of rotatable bonds is 2. The normalized spacial score (nSPS) is 10.5. The van der Waals surface area contributed by atoms with Crippen molar-refractivity contribution in [3.63, 3.8) is 0 Å². The zero-order valence-electron chi connectivity index (χ0n) is 9.93. The van der Waals surface area contributed by atoms with E-state index in [2.05, 4.69) is 0 Å². The molecule has 0 spiro atoms. The molecular formula is C14H11F3O. The van der Waals surface area contributed by atoms with Gasteiger partial charge < -0.3 is 4.74 Å². The average Bonchev–Trinajstić information content (AvgIpc) is 2.29. The van der Waals surface area contributed by atoms with Crippen molar-refractivity contribution in [2.45, 2.75) is 13.8 Å². The largest absolute Gasteiger partial charge is 0.454 e. The van der Waals surface area contributed by atoms with Crippen LogP contribution in [0.4, 0.5) is 13.2 Å². The highest BCUT2D eigenvalue weighted by molar-refractivity contribution is 5.36. The van der Waals surface area contributed by atoms with Crippen molar-refractivity contribution >= 4 is 0 Å². The van der Waals surface area contributed by atoms with E-state index < -0.39 is 17.5 Å². The van der Waals surface area contributed by atoms with Crippen molar-refractivity contribution in [3.8, 4) is 11.5 Å². The van der Waals surface area contributed by atoms with Crippen molar-refractivity contribution in [1.29, 1.82) is 0 Å². The Morgan fingerprint density at radius 1 is 0.833 bits per heavy atom. The molecule has 0 aliphatic carbocycles. The van der Waals surface area contributed by atoms with Crippen molar-refractivity contribution in [3.05, 3.63) is 58.9 Å². The minimum Gasteiger partial charge on any atom is -0.454 e. The molecule has 94 valence electrons. The van der Waals surface area contributed by atoms with Gasteiger partial charge in [-0.25, -0.2) is 13.2 Å². The molecule has 2 aromatic carbocycles. The van der Waals surface area contributed by atoms with E-state index in [0.717, 1.165) is 17.7 Å². The summed E-state index contributed by atoms with van der Waals surface area (Å²) in [7, 11) is 0. The summed E-state index contributed by atoms with van der Waals surface area (Å²) in [6.07, 6.45) is 0. The van der Waals surface area contributed by atoms with Crippen molar-refractivity contribution in [2.24, 2.45) is 0 Å². The molecule has 2 rings (SSSR count). The highest BCUT2D eigenvalue weighted by atomic mass is 19.1. The van der Waals surface area contributed by atoms with Gasteiger partial charge in [-0.1, -0.05) is 6.07 Å². The van der Waals surface area contributed by atoms with Crippen LogP contribution in [-0.2, 0) is 0 Å². The van der Waals surface area contributed by atoms with Crippen LogP contribution in [0.1, 0.15) is 11.1 Å². The maximum absolute atomic E-state index is 13.5. The molecule has 0 aromatic heterocycles. The van der Waals surface area contributed by atoms with Gasteiger partial charge in [-0.05, 0) is 31.5 Å². The lowest BCUT2D eigenvalue weighted by molar-refractivity contribution is 0.432. The molecule has 1 nitrogen and oxygen atoms in total. The van der Waals surface area contributed by atoms with Gasteiger partial charge in [0.2, 0.25) is 0 Å². The maximum Gasteiger partial charge on any atom is 0.165 e. The Balaban J connectivity index is 2.34. The molecule has 0 N–H and O–H groups in total. The first-order chi connectivity index (χ1) is 8.47. The van der Waals surface area contributed by atoms with Crippen LogP contribution in [-0.4, -0.2) is 0 Å². The maximum atomic E-state index is 13.5. The molecule has 0 amide bonds. The van der Waals surface area contributed by atoms with Crippen LogP contribution in [0.15, 0.2) is 30.3 Å². The van der Waals surface area contributed by atoms with E-state index in [1.165, 1.54) is 19.1 Å². The Kier molecular flexibility index (Phi) is 3.28. The first-order valence-electron chi connectivity index (χ1n) is 5.37. The summed E-state index contributed by atoms with van der Waals surface area (Å²) in [5.74, 6) is -2.16. The quantitative estimate of drug-likeness (QED) is 0.763. The van der Waals surface area contributed by atoms with Crippen molar-refractivity contribution < 1.29 is 17.9 Å². The van der Waals surface area contributed by atoms with Gasteiger partial charge in [-0.2, -0.15) is 0 Å². The second kappa shape index (κ2) is 4.72. The third-order valence-corrected chi connectivity index (χ3v) is 2.57. The van der Waals surface area contributed by atoms with E-state index in [4.69, 9.17) is 4.74 Å². The van der Waals surface area contributed by atoms with E-state index >= 15 is 0 Å². The van der Waals surface area contributed by atoms with E-state index in [9.17, 15) is 13.2 Å². The molecule has 0 saturated heterocycles. The standard InChI is InChI=1S/C14H11F3O/c1-8-3-4-14(13(17)5-8)18-10-6-11(15)9(2)12(16)7-10/h3-7H,1-2H3. The highest BCUT2D eigenvalue weighted by Gasteiger charge is 2.10. The molecule has 0 unspecified atom stereocenters. The molecule has 0 bridgehead atoms. The second-order valence-electron chi connectivity index (χ2n) is 4.05. The Bertz CT molecular complexity index is 571. The number of halogens is 3. The van der Waals surface area contributed by atoms with Gasteiger partial charge in [-0.15, -0.1) is 0 Å². The van der Waals surface area contributed by atoms with Crippen LogP contribution in [0.25, 0.3) is 0 Å². The molecular weight excluding hydrogens is 241 g/mol. The summed E-state index contributed by atoms with van der Waals surface area (Å²) in [6, 6.07) is 6.41. The lowest BCUT2D eigenvalue weighted by Gasteiger charge is -2.08. The number of aryl methyl sites for hydroxylation is 1. The number of hydrogen-bond donors (Lipinski definition) is 0. The van der Waals surface area contributed by atoms with E-state index in [1.54, 1.807) is 13.0 Å². The Labute approximate surface area is 103 Å². The van der Waals surface area contributed by atoms with E-state index in [-0.39, 0.29) is 17.1 Å². The van der Waals surface area contributed by atoms with Crippen LogP contribution >= 0.6 is 0 Å². The van der Waals surface area contributed by atoms with Gasteiger partial charge in [0, 0.05) is 17.7 Å². The molecule has 0 radical (unpaired) electrons. The van der Waals surface area contributed by atoms with Gasteiger partial charge in [-0.3, -0.25) is 0 Å². The zero-order valence-corrected chi connectivity index (χ0v) is 9.93. The van der Waals surface area contributed by atoms with Gasteiger partial charge in [0.1, 0.15) is 17.4 Å². The summed E-state index contributed by atoms with van der Waals surface area (Å²) in [6.45, 7) is 3.05. The summed E-state index contributed by atoms with van der Waals surface area (Å²) < 4.78 is 45.2. The predicted octanol–water partition coefficient (Wildman–Crippen LogP) is 4.51. The molecule has 0 atom stereocenters. The monoisotopic (exact) mass is 252 g/mol. The Hall–Kier alpha value is -1.97. The topological polar surface area (TPSA) is 9.23 Å². The lowest BCUT2D eigenvalue weighted by atomic mass is 10.2. The molecule has 0 heterocycles. The summed E-state index contributed by atoms with van der Waals surface area (Å²) in [5, 5.41) is 0. The number of benzene rings is 2. The van der Waals surface area contributed by atoms with Gasteiger partial charge in [0.05, 0.1) is 0 Å². The van der Waals surface area contributed by atoms with Crippen LogP contribution in [0.2, 0.25) is 0 Å². The van der Waals surface area contributed by atoms with E-state index in [0.29, 0.717) is 0 Å². The number of ether oxygens (including phenoxy) is 1. The third-order valence-electron chi connectivity index (χ3n) is 2.57. The molecule has 0 saturated carbocycles. The Morgan fingerprint density at radius 3 is 2.00 bits per heavy atom. The molecule has 0 aliphatic heterocycles. The van der Waals surface area contributed by atoms with Gasteiger partial charge in [0.15, 0.2) is 11.6 Å². The number of hydrogen-bond acceptors (Lipinski definition) is 1. The fraction of sp³-hybridized carbons (Fsp3) is 0.143. The van der Waals surface area contributed by atoms with Gasteiger partial charge in [0.25, 0.3) is 0 Å². The zero-order chi connectivity index (χ0) is 13.3. The smallest absolute Gasteiger partial charge is 0.165 e. The average molecular weight is 252 g/mol. The molecule has 4 heteroatoms. The summed E-state index contributed by atoms with van der Waals surface area (Å²) >= 11 is 0. The Morgan fingerprint density at radius 2 is 1.44 bits per heavy atom. The van der Waals surface area contributed by atoms with Crippen molar-refractivity contribution in [1.82, 2.24) is 0 Å². The van der Waals surface area contributed by atoms with Crippen LogP contribution < -0.4 is 4.74 Å². The predicted molar refractivity (Wildman–Crippen MR) is 62.3 cm³/mol. The molecule has 0 aliphatic rings. The first kappa shape index (κ1) is 12.5. The molecule has 0 fully saturated rings. The molecule has 2 aromatic rings. The lowest BCUT2D eigenvalue weighted by Crippen LogP contribution is -1.94. The van der Waals surface area contributed by atoms with Gasteiger partial charge >= 0.3 is 0 Å². The van der Waals surface area contributed by atoms with E-state index in [1.807, 2.05) is 0 Å². The first-order valence-corrected chi connectivity index (χ1v) is 5.37. The summed E-state index contributed by atoms with van der Waals surface area (Å²) in [5.41, 5.74) is 0.646. The third kappa shape index (κ3) is 2.47. The molecule has 18 heavy (non-hydrogen) atoms.